The zero-order valence-electron chi connectivity index (χ0n) is 11.0. The number of benzene rings is 1. The average molecular weight is 284 g/mol. The van der Waals surface area contributed by atoms with Gasteiger partial charge in [-0.1, -0.05) is 0 Å². The number of anilines is 2. The van der Waals surface area contributed by atoms with E-state index < -0.39 is 10.0 Å². The van der Waals surface area contributed by atoms with Crippen molar-refractivity contribution in [2.24, 2.45) is 11.1 Å². The van der Waals surface area contributed by atoms with Gasteiger partial charge in [-0.3, -0.25) is 0 Å². The number of primary sulfonamides is 1. The van der Waals surface area contributed by atoms with Crippen LogP contribution >= 0.6 is 0 Å². The fourth-order valence-corrected chi connectivity index (χ4v) is 2.85. The fraction of sp³-hybridized carbons (Fsp3) is 0.500. The second-order valence-electron chi connectivity index (χ2n) is 5.09. The van der Waals surface area contributed by atoms with E-state index in [1.165, 1.54) is 12.1 Å². The van der Waals surface area contributed by atoms with Gasteiger partial charge in [-0.15, -0.1) is 0 Å². The standard InChI is InChI=1S/C12H20N4O2S/c1-16-5-4-9(8-16)7-15-12-6-10(19(14,17)18)2-3-11(12)13/h2-3,6,9,15H,4-5,7-8,13H2,1H3,(H2,14,17,18). The average Bonchev–Trinajstić information content (AvgIpc) is 2.72. The minimum Gasteiger partial charge on any atom is -0.397 e. The van der Waals surface area contributed by atoms with Gasteiger partial charge in [0.2, 0.25) is 10.0 Å². The SMILES string of the molecule is CN1CCC(CNc2cc(S(N)(=O)=O)ccc2N)C1. The summed E-state index contributed by atoms with van der Waals surface area (Å²) in [5.41, 5.74) is 6.99. The predicted molar refractivity (Wildman–Crippen MR) is 76.3 cm³/mol. The molecule has 1 unspecified atom stereocenters. The summed E-state index contributed by atoms with van der Waals surface area (Å²) in [6, 6.07) is 4.46. The summed E-state index contributed by atoms with van der Waals surface area (Å²) in [7, 11) is -1.60. The van der Waals surface area contributed by atoms with Gasteiger partial charge in [0.05, 0.1) is 16.3 Å². The van der Waals surface area contributed by atoms with Gasteiger partial charge in [0.15, 0.2) is 0 Å². The zero-order chi connectivity index (χ0) is 14.0. The summed E-state index contributed by atoms with van der Waals surface area (Å²) in [6.45, 7) is 2.92. The highest BCUT2D eigenvalue weighted by Gasteiger charge is 2.19. The van der Waals surface area contributed by atoms with E-state index >= 15 is 0 Å². The Hall–Kier alpha value is -1.31. The van der Waals surface area contributed by atoms with Crippen LogP contribution in [-0.2, 0) is 10.0 Å². The lowest BCUT2D eigenvalue weighted by Gasteiger charge is -2.14. The molecular formula is C12H20N4O2S. The number of rotatable bonds is 4. The van der Waals surface area contributed by atoms with Crippen molar-refractivity contribution in [3.63, 3.8) is 0 Å². The van der Waals surface area contributed by atoms with Gasteiger partial charge < -0.3 is 16.0 Å². The molecule has 7 heteroatoms. The Labute approximate surface area is 113 Å². The van der Waals surface area contributed by atoms with Gasteiger partial charge in [0.1, 0.15) is 0 Å². The molecule has 1 aliphatic heterocycles. The quantitative estimate of drug-likeness (QED) is 0.689. The molecular weight excluding hydrogens is 264 g/mol. The lowest BCUT2D eigenvalue weighted by molar-refractivity contribution is 0.399. The molecule has 0 aromatic heterocycles. The molecule has 0 saturated carbocycles. The molecule has 1 aliphatic rings. The summed E-state index contributed by atoms with van der Waals surface area (Å²) in [5, 5.41) is 8.33. The van der Waals surface area contributed by atoms with Crippen molar-refractivity contribution in [1.82, 2.24) is 4.90 Å². The minimum absolute atomic E-state index is 0.0766. The number of sulfonamides is 1. The van der Waals surface area contributed by atoms with Crippen LogP contribution in [0, 0.1) is 5.92 Å². The Morgan fingerprint density at radius 3 is 2.79 bits per heavy atom. The van der Waals surface area contributed by atoms with E-state index in [-0.39, 0.29) is 4.90 Å². The number of nitrogens with one attached hydrogen (secondary N) is 1. The van der Waals surface area contributed by atoms with Crippen LogP contribution in [0.4, 0.5) is 11.4 Å². The summed E-state index contributed by atoms with van der Waals surface area (Å²) in [4.78, 5) is 2.35. The molecule has 0 spiro atoms. The number of nitrogens with zero attached hydrogens (tertiary/aromatic N) is 1. The van der Waals surface area contributed by atoms with Crippen molar-refractivity contribution in [3.05, 3.63) is 18.2 Å². The van der Waals surface area contributed by atoms with Crippen molar-refractivity contribution < 1.29 is 8.42 Å². The van der Waals surface area contributed by atoms with Gasteiger partial charge in [0.25, 0.3) is 0 Å². The van der Waals surface area contributed by atoms with E-state index in [1.54, 1.807) is 6.07 Å². The van der Waals surface area contributed by atoms with Crippen molar-refractivity contribution in [3.8, 4) is 0 Å². The highest BCUT2D eigenvalue weighted by atomic mass is 32.2. The van der Waals surface area contributed by atoms with E-state index in [9.17, 15) is 8.42 Å². The molecule has 1 fully saturated rings. The van der Waals surface area contributed by atoms with Gasteiger partial charge in [-0.25, -0.2) is 13.6 Å². The number of nitrogen functional groups attached to an aromatic ring is 1. The molecule has 0 amide bonds. The van der Waals surface area contributed by atoms with E-state index in [2.05, 4.69) is 17.3 Å². The molecule has 1 heterocycles. The van der Waals surface area contributed by atoms with E-state index in [1.807, 2.05) is 0 Å². The number of nitrogens with two attached hydrogens (primary N) is 2. The summed E-state index contributed by atoms with van der Waals surface area (Å²) < 4.78 is 22.6. The Morgan fingerprint density at radius 1 is 1.47 bits per heavy atom. The normalized spacial score (nSPS) is 20.6. The summed E-state index contributed by atoms with van der Waals surface area (Å²) in [6.07, 6.45) is 1.14. The molecule has 0 aliphatic carbocycles. The summed E-state index contributed by atoms with van der Waals surface area (Å²) in [5.74, 6) is 0.558. The van der Waals surface area contributed by atoms with Crippen molar-refractivity contribution in [1.29, 1.82) is 0 Å². The maximum Gasteiger partial charge on any atom is 0.238 e. The van der Waals surface area contributed by atoms with Gasteiger partial charge >= 0.3 is 0 Å². The molecule has 0 bridgehead atoms. The molecule has 6 nitrogen and oxygen atoms in total. The second-order valence-corrected chi connectivity index (χ2v) is 6.65. The highest BCUT2D eigenvalue weighted by molar-refractivity contribution is 7.89. The first-order valence-electron chi connectivity index (χ1n) is 6.21. The molecule has 1 saturated heterocycles. The third kappa shape index (κ3) is 3.59. The monoisotopic (exact) mass is 284 g/mol. The Kier molecular flexibility index (Phi) is 3.98. The van der Waals surface area contributed by atoms with Crippen molar-refractivity contribution in [2.45, 2.75) is 11.3 Å². The number of likely N-dealkylation sites (tertiary alicyclic amines) is 1. The largest absolute Gasteiger partial charge is 0.397 e. The second kappa shape index (κ2) is 5.36. The molecule has 1 atom stereocenters. The number of hydrogen-bond donors (Lipinski definition) is 3. The molecule has 2 rings (SSSR count). The first kappa shape index (κ1) is 14.1. The lowest BCUT2D eigenvalue weighted by atomic mass is 10.1. The first-order valence-corrected chi connectivity index (χ1v) is 7.75. The maximum absolute atomic E-state index is 11.3. The molecule has 5 N–H and O–H groups in total. The Morgan fingerprint density at radius 2 is 2.21 bits per heavy atom. The summed E-state index contributed by atoms with van der Waals surface area (Å²) >= 11 is 0. The van der Waals surface area contributed by atoms with Crippen LogP contribution in [0.25, 0.3) is 0 Å². The molecule has 106 valence electrons. The van der Waals surface area contributed by atoms with Crippen LogP contribution in [0.5, 0.6) is 0 Å². The lowest BCUT2D eigenvalue weighted by Crippen LogP contribution is -2.20. The number of hydrogen-bond acceptors (Lipinski definition) is 5. The Bertz CT molecular complexity index is 559. The molecule has 0 radical (unpaired) electrons. The van der Waals surface area contributed by atoms with Gasteiger partial charge in [-0.2, -0.15) is 0 Å². The van der Waals surface area contributed by atoms with Crippen LogP contribution in [0.3, 0.4) is 0 Å². The van der Waals surface area contributed by atoms with Crippen LogP contribution in [0.1, 0.15) is 6.42 Å². The molecule has 1 aromatic carbocycles. The fourth-order valence-electron chi connectivity index (χ4n) is 2.31. The molecule has 19 heavy (non-hydrogen) atoms. The third-order valence-electron chi connectivity index (χ3n) is 3.42. The van der Waals surface area contributed by atoms with Crippen LogP contribution in [-0.4, -0.2) is 40.0 Å². The Balaban J connectivity index is 2.07. The maximum atomic E-state index is 11.3. The van der Waals surface area contributed by atoms with E-state index in [0.29, 0.717) is 17.3 Å². The minimum atomic E-state index is -3.69. The van der Waals surface area contributed by atoms with Gasteiger partial charge in [-0.05, 0) is 44.1 Å². The van der Waals surface area contributed by atoms with Crippen molar-refractivity contribution >= 4 is 21.4 Å². The highest BCUT2D eigenvalue weighted by Crippen LogP contribution is 2.23. The van der Waals surface area contributed by atoms with Crippen LogP contribution < -0.4 is 16.2 Å². The van der Waals surface area contributed by atoms with Crippen LogP contribution in [0.15, 0.2) is 23.1 Å². The van der Waals surface area contributed by atoms with E-state index in [0.717, 1.165) is 26.1 Å². The first-order chi connectivity index (χ1) is 8.86. The third-order valence-corrected chi connectivity index (χ3v) is 4.33. The van der Waals surface area contributed by atoms with Crippen LogP contribution in [0.2, 0.25) is 0 Å². The predicted octanol–water partition coefficient (Wildman–Crippen LogP) is 0.280. The smallest absolute Gasteiger partial charge is 0.238 e. The topological polar surface area (TPSA) is 101 Å². The zero-order valence-corrected chi connectivity index (χ0v) is 11.8. The van der Waals surface area contributed by atoms with Crippen molar-refractivity contribution in [2.75, 3.05) is 37.7 Å². The molecule has 1 aromatic rings. The van der Waals surface area contributed by atoms with E-state index in [4.69, 9.17) is 10.9 Å². The van der Waals surface area contributed by atoms with Gasteiger partial charge in [0, 0.05) is 13.1 Å².